The number of carbonyl (C=O) groups excluding carboxylic acids is 2. The van der Waals surface area contributed by atoms with Gasteiger partial charge in [-0.2, -0.15) is 0 Å². The highest BCUT2D eigenvalue weighted by Gasteiger charge is 2.29. The number of nitrogens with zero attached hydrogens (tertiary/aromatic N) is 3. The summed E-state index contributed by atoms with van der Waals surface area (Å²) in [4.78, 5) is 33.7. The van der Waals surface area contributed by atoms with Crippen molar-refractivity contribution in [3.8, 4) is 5.75 Å². The summed E-state index contributed by atoms with van der Waals surface area (Å²) in [5.74, 6) is 0.712. The van der Waals surface area contributed by atoms with E-state index in [1.807, 2.05) is 18.2 Å². The molecule has 0 saturated carbocycles. The molecule has 200 valence electrons. The van der Waals surface area contributed by atoms with Gasteiger partial charge in [0.05, 0.1) is 0 Å². The summed E-state index contributed by atoms with van der Waals surface area (Å²) in [6.07, 6.45) is 5.97. The molecule has 2 aromatic heterocycles. The number of piperidine rings is 1. The molecule has 2 aliphatic rings. The van der Waals surface area contributed by atoms with Gasteiger partial charge >= 0.3 is 0 Å². The van der Waals surface area contributed by atoms with Crippen LogP contribution in [0.3, 0.4) is 0 Å². The lowest BCUT2D eigenvalue weighted by Crippen LogP contribution is -2.38. The van der Waals surface area contributed by atoms with Crippen LogP contribution in [0, 0.1) is 6.92 Å². The average molecular weight is 525 g/mol. The lowest BCUT2D eigenvalue weighted by atomic mass is 10.1. The fourth-order valence-corrected chi connectivity index (χ4v) is 5.38. The van der Waals surface area contributed by atoms with E-state index in [4.69, 9.17) is 9.15 Å². The molecule has 1 atom stereocenters. The molecule has 2 aromatic carbocycles. The number of anilines is 1. The van der Waals surface area contributed by atoms with Crippen LogP contribution in [0.4, 0.5) is 5.69 Å². The van der Waals surface area contributed by atoms with Gasteiger partial charge in [-0.3, -0.25) is 14.6 Å². The highest BCUT2D eigenvalue weighted by molar-refractivity contribution is 5.97. The van der Waals surface area contributed by atoms with Gasteiger partial charge in [0.25, 0.3) is 11.8 Å². The topological polar surface area (TPSA) is 87.9 Å². The maximum atomic E-state index is 12.9. The van der Waals surface area contributed by atoms with Crippen molar-refractivity contribution >= 4 is 28.5 Å². The zero-order chi connectivity index (χ0) is 26.8. The molecule has 2 fully saturated rings. The van der Waals surface area contributed by atoms with Crippen molar-refractivity contribution in [1.29, 1.82) is 0 Å². The molecule has 2 amide bonds. The number of benzene rings is 2. The molecule has 2 saturated heterocycles. The van der Waals surface area contributed by atoms with Crippen LogP contribution in [-0.2, 0) is 0 Å². The predicted octanol–water partition coefficient (Wildman–Crippen LogP) is 4.83. The molecule has 0 spiro atoms. The molecule has 4 aromatic rings. The number of pyridine rings is 1. The highest BCUT2D eigenvalue weighted by Crippen LogP contribution is 2.28. The lowest BCUT2D eigenvalue weighted by Gasteiger charge is -2.33. The normalized spacial score (nSPS) is 17.9. The summed E-state index contributed by atoms with van der Waals surface area (Å²) in [7, 11) is 0. The standard InChI is InChI=1S/C31H32N4O4/c1-21-2-4-25(5-3-21)34-16-11-26(12-17-34)38-27-6-7-28-23(18-27)19-29(39-28)30(36)33-24-10-15-35(20-24)31(37)22-8-13-32-14-9-22/h2-9,13-14,18-19,24,26H,10-12,15-17,20H2,1H3,(H,33,36)/t24-/m1/s1. The number of aryl methyl sites for hydroxylation is 1. The fourth-order valence-electron chi connectivity index (χ4n) is 5.38. The summed E-state index contributed by atoms with van der Waals surface area (Å²) < 4.78 is 12.1. The number of ether oxygens (including phenoxy) is 1. The Morgan fingerprint density at radius 1 is 0.949 bits per heavy atom. The minimum atomic E-state index is -0.277. The summed E-state index contributed by atoms with van der Waals surface area (Å²) >= 11 is 0. The molecule has 8 nitrogen and oxygen atoms in total. The SMILES string of the molecule is Cc1ccc(N2CCC(Oc3ccc4oc(C(=O)N[C@@H]5CCN(C(=O)c6ccncc6)C5)cc4c3)CC2)cc1. The molecule has 0 radical (unpaired) electrons. The first kappa shape index (κ1) is 25.0. The molecule has 0 aliphatic carbocycles. The quantitative estimate of drug-likeness (QED) is 0.389. The van der Waals surface area contributed by atoms with Crippen LogP contribution in [0.25, 0.3) is 11.0 Å². The van der Waals surface area contributed by atoms with Crippen LogP contribution in [0.2, 0.25) is 0 Å². The predicted molar refractivity (Wildman–Crippen MR) is 149 cm³/mol. The first-order chi connectivity index (χ1) is 19.0. The Balaban J connectivity index is 1.03. The monoisotopic (exact) mass is 524 g/mol. The van der Waals surface area contributed by atoms with E-state index in [1.165, 1.54) is 11.3 Å². The number of likely N-dealkylation sites (tertiary alicyclic amines) is 1. The molecule has 6 rings (SSSR count). The van der Waals surface area contributed by atoms with E-state index in [1.54, 1.807) is 35.5 Å². The molecular weight excluding hydrogens is 492 g/mol. The highest BCUT2D eigenvalue weighted by atomic mass is 16.5. The van der Waals surface area contributed by atoms with E-state index in [2.05, 4.69) is 46.4 Å². The smallest absolute Gasteiger partial charge is 0.287 e. The van der Waals surface area contributed by atoms with Crippen molar-refractivity contribution in [2.24, 2.45) is 0 Å². The molecule has 1 N–H and O–H groups in total. The van der Waals surface area contributed by atoms with Gasteiger partial charge in [0.15, 0.2) is 5.76 Å². The van der Waals surface area contributed by atoms with Gasteiger partial charge in [0.2, 0.25) is 0 Å². The number of hydrogen-bond donors (Lipinski definition) is 1. The van der Waals surface area contributed by atoms with Crippen LogP contribution in [-0.4, -0.2) is 60.0 Å². The molecule has 2 aliphatic heterocycles. The van der Waals surface area contributed by atoms with Crippen LogP contribution in [0.5, 0.6) is 5.75 Å². The van der Waals surface area contributed by atoms with E-state index in [-0.39, 0.29) is 29.7 Å². The van der Waals surface area contributed by atoms with Crippen molar-refractivity contribution in [2.45, 2.75) is 38.3 Å². The Bertz CT molecular complexity index is 1460. The Labute approximate surface area is 227 Å². The van der Waals surface area contributed by atoms with Gasteiger partial charge in [-0.15, -0.1) is 0 Å². The van der Waals surface area contributed by atoms with E-state index < -0.39 is 0 Å². The first-order valence-corrected chi connectivity index (χ1v) is 13.5. The first-order valence-electron chi connectivity index (χ1n) is 13.5. The maximum absolute atomic E-state index is 12.9. The van der Waals surface area contributed by atoms with Crippen molar-refractivity contribution in [1.82, 2.24) is 15.2 Å². The molecule has 4 heterocycles. The number of carbonyl (C=O) groups is 2. The van der Waals surface area contributed by atoms with E-state index >= 15 is 0 Å². The summed E-state index contributed by atoms with van der Waals surface area (Å²) in [5, 5.41) is 3.85. The minimum absolute atomic E-state index is 0.0498. The Hall–Kier alpha value is -4.33. The second-order valence-corrected chi connectivity index (χ2v) is 10.4. The zero-order valence-electron chi connectivity index (χ0n) is 22.0. The summed E-state index contributed by atoms with van der Waals surface area (Å²) in [6, 6.07) is 19.4. The summed E-state index contributed by atoms with van der Waals surface area (Å²) in [6.45, 7) is 5.08. The van der Waals surface area contributed by atoms with E-state index in [0.29, 0.717) is 30.7 Å². The number of hydrogen-bond acceptors (Lipinski definition) is 6. The second kappa shape index (κ2) is 10.8. The lowest BCUT2D eigenvalue weighted by molar-refractivity contribution is 0.0781. The van der Waals surface area contributed by atoms with Crippen LogP contribution >= 0.6 is 0 Å². The van der Waals surface area contributed by atoms with E-state index in [0.717, 1.165) is 37.1 Å². The number of aromatic nitrogens is 1. The van der Waals surface area contributed by atoms with Gasteiger partial charge in [-0.25, -0.2) is 0 Å². The molecule has 0 bridgehead atoms. The zero-order valence-corrected chi connectivity index (χ0v) is 22.0. The van der Waals surface area contributed by atoms with Crippen LogP contribution < -0.4 is 15.0 Å². The van der Waals surface area contributed by atoms with Crippen molar-refractivity contribution < 1.29 is 18.7 Å². The number of amides is 2. The van der Waals surface area contributed by atoms with E-state index in [9.17, 15) is 9.59 Å². The third-order valence-electron chi connectivity index (χ3n) is 7.59. The Kier molecular flexibility index (Phi) is 6.92. The maximum Gasteiger partial charge on any atom is 0.287 e. The Morgan fingerprint density at radius 3 is 2.49 bits per heavy atom. The average Bonchev–Trinajstić information content (AvgIpc) is 3.61. The number of rotatable bonds is 6. The minimum Gasteiger partial charge on any atom is -0.490 e. The van der Waals surface area contributed by atoms with Crippen LogP contribution in [0.1, 0.15) is 45.7 Å². The Morgan fingerprint density at radius 2 is 1.72 bits per heavy atom. The molecule has 39 heavy (non-hydrogen) atoms. The fraction of sp³-hybridized carbons (Fsp3) is 0.323. The van der Waals surface area contributed by atoms with Crippen molar-refractivity contribution in [3.63, 3.8) is 0 Å². The second-order valence-electron chi connectivity index (χ2n) is 10.4. The third kappa shape index (κ3) is 5.60. The summed E-state index contributed by atoms with van der Waals surface area (Å²) in [5.41, 5.74) is 3.77. The third-order valence-corrected chi connectivity index (χ3v) is 7.59. The molecular formula is C31H32N4O4. The number of nitrogens with one attached hydrogen (secondary N) is 1. The van der Waals surface area contributed by atoms with Crippen molar-refractivity contribution in [2.75, 3.05) is 31.1 Å². The van der Waals surface area contributed by atoms with Gasteiger partial charge in [0, 0.05) is 74.1 Å². The van der Waals surface area contributed by atoms with Crippen molar-refractivity contribution in [3.05, 3.63) is 89.9 Å². The van der Waals surface area contributed by atoms with Gasteiger partial charge < -0.3 is 24.3 Å². The molecule has 0 unspecified atom stereocenters. The largest absolute Gasteiger partial charge is 0.490 e. The molecule has 8 heteroatoms. The number of furan rings is 1. The van der Waals surface area contributed by atoms with Gasteiger partial charge in [-0.1, -0.05) is 17.7 Å². The van der Waals surface area contributed by atoms with Gasteiger partial charge in [-0.05, 0) is 61.9 Å². The van der Waals surface area contributed by atoms with Crippen LogP contribution in [0.15, 0.2) is 77.5 Å². The van der Waals surface area contributed by atoms with Gasteiger partial charge in [0.1, 0.15) is 17.4 Å². The number of fused-ring (bicyclic) bond motifs is 1.